The molecule has 0 radical (unpaired) electrons. The number of aryl methyl sites for hydroxylation is 2. The average Bonchev–Trinajstić information content (AvgIpc) is 3.50. The van der Waals surface area contributed by atoms with Gasteiger partial charge in [-0.25, -0.2) is 21.9 Å². The third-order valence-corrected chi connectivity index (χ3v) is 9.42. The van der Waals surface area contributed by atoms with E-state index in [1.807, 2.05) is 13.0 Å². The third kappa shape index (κ3) is 4.50. The predicted octanol–water partition coefficient (Wildman–Crippen LogP) is 3.40. The van der Waals surface area contributed by atoms with Crippen LogP contribution in [0.25, 0.3) is 16.6 Å². The summed E-state index contributed by atoms with van der Waals surface area (Å²) in [6.07, 6.45) is 3.39. The predicted molar refractivity (Wildman–Crippen MR) is 137 cm³/mol. The second-order valence-electron chi connectivity index (χ2n) is 10.3. The zero-order chi connectivity index (χ0) is 26.6. The summed E-state index contributed by atoms with van der Waals surface area (Å²) in [5.41, 5.74) is 3.63. The minimum atomic E-state index is -3.82. The number of halogens is 2. The highest BCUT2D eigenvalue weighted by Crippen LogP contribution is 2.37. The third-order valence-electron chi connectivity index (χ3n) is 7.69. The first-order chi connectivity index (χ1) is 18.2. The van der Waals surface area contributed by atoms with Gasteiger partial charge in [0.2, 0.25) is 5.03 Å². The normalized spacial score (nSPS) is 23.1. The Labute approximate surface area is 219 Å². The molecule has 0 unspecified atom stereocenters. The number of rotatable bonds is 6. The highest BCUT2D eigenvalue weighted by atomic mass is 32.2. The molecule has 1 atom stereocenters. The molecule has 1 saturated carbocycles. The van der Waals surface area contributed by atoms with Gasteiger partial charge in [0.25, 0.3) is 10.0 Å². The Morgan fingerprint density at radius 3 is 2.50 bits per heavy atom. The SMILES string of the molecule is Cc1cc2c(cnn2-c2ccc(F)cc2)cc1[C@@H]1CN(S(=O)(=O)c2cnn(C)n2)CCN1CC1CC(F)C1. The number of sulfonamides is 1. The van der Waals surface area contributed by atoms with Gasteiger partial charge in [-0.1, -0.05) is 0 Å². The van der Waals surface area contributed by atoms with Crippen LogP contribution in [0.4, 0.5) is 8.78 Å². The molecule has 12 heteroatoms. The molecular weight excluding hydrogens is 512 g/mol. The van der Waals surface area contributed by atoms with Gasteiger partial charge in [0.1, 0.15) is 12.0 Å². The van der Waals surface area contributed by atoms with Crippen LogP contribution in [0.5, 0.6) is 0 Å². The standard InChI is InChI=1S/C26H29F2N7O2S/c1-17-9-24-19(13-30-35(24)22-5-3-20(27)4-6-22)12-23(17)25-16-34(38(36,37)26-14-29-32(2)31-26)8-7-33(25)15-18-10-21(28)11-18/h3-6,9,12-14,18,21,25H,7-8,10-11,15-16H2,1-2H3/t18?,21?,25-/m0/s1. The van der Waals surface area contributed by atoms with Crippen LogP contribution in [0.1, 0.15) is 30.0 Å². The van der Waals surface area contributed by atoms with Crippen LogP contribution >= 0.6 is 0 Å². The van der Waals surface area contributed by atoms with Gasteiger partial charge in [-0.2, -0.15) is 19.3 Å². The summed E-state index contributed by atoms with van der Waals surface area (Å²) in [7, 11) is -2.24. The fraction of sp³-hybridized carbons (Fsp3) is 0.423. The van der Waals surface area contributed by atoms with Gasteiger partial charge in [-0.3, -0.25) is 4.90 Å². The largest absolute Gasteiger partial charge is 0.293 e. The van der Waals surface area contributed by atoms with E-state index in [2.05, 4.69) is 26.3 Å². The van der Waals surface area contributed by atoms with Crippen LogP contribution in [-0.2, 0) is 17.1 Å². The van der Waals surface area contributed by atoms with Gasteiger partial charge < -0.3 is 0 Å². The molecular formula is C26H29F2N7O2S. The van der Waals surface area contributed by atoms with Crippen LogP contribution < -0.4 is 0 Å². The first-order valence-corrected chi connectivity index (χ1v) is 14.1. The van der Waals surface area contributed by atoms with Gasteiger partial charge in [-0.05, 0) is 73.2 Å². The van der Waals surface area contributed by atoms with Crippen molar-refractivity contribution >= 4 is 20.9 Å². The second kappa shape index (κ2) is 9.51. The van der Waals surface area contributed by atoms with Crippen molar-refractivity contribution < 1.29 is 17.2 Å². The quantitative estimate of drug-likeness (QED) is 0.372. The van der Waals surface area contributed by atoms with E-state index in [1.54, 1.807) is 30.1 Å². The highest BCUT2D eigenvalue weighted by Gasteiger charge is 2.39. The second-order valence-corrected chi connectivity index (χ2v) is 12.2. The number of aromatic nitrogens is 5. The molecule has 200 valence electrons. The van der Waals surface area contributed by atoms with Crippen molar-refractivity contribution in [2.24, 2.45) is 13.0 Å². The van der Waals surface area contributed by atoms with E-state index in [9.17, 15) is 17.2 Å². The fourth-order valence-electron chi connectivity index (χ4n) is 5.58. The van der Waals surface area contributed by atoms with E-state index in [4.69, 9.17) is 0 Å². The van der Waals surface area contributed by atoms with Gasteiger partial charge in [0.15, 0.2) is 0 Å². The van der Waals surface area contributed by atoms with Crippen molar-refractivity contribution in [1.82, 2.24) is 34.0 Å². The molecule has 0 spiro atoms. The summed E-state index contributed by atoms with van der Waals surface area (Å²) in [6.45, 7) is 3.83. The lowest BCUT2D eigenvalue weighted by molar-refractivity contribution is 0.0469. The molecule has 9 nitrogen and oxygen atoms in total. The van der Waals surface area contributed by atoms with Crippen molar-refractivity contribution in [2.45, 2.75) is 37.0 Å². The molecule has 4 aromatic rings. The number of hydrogen-bond donors (Lipinski definition) is 0. The first kappa shape index (κ1) is 25.1. The monoisotopic (exact) mass is 541 g/mol. The Kier molecular flexibility index (Phi) is 6.28. The maximum Gasteiger partial charge on any atom is 0.264 e. The number of nitrogens with zero attached hydrogens (tertiary/aromatic N) is 7. The Balaban J connectivity index is 1.36. The number of alkyl halides is 1. The zero-order valence-electron chi connectivity index (χ0n) is 21.2. The van der Waals surface area contributed by atoms with E-state index in [1.165, 1.54) is 27.4 Å². The average molecular weight is 542 g/mol. The summed E-state index contributed by atoms with van der Waals surface area (Å²) in [6, 6.07) is 10.0. The van der Waals surface area contributed by atoms with Crippen molar-refractivity contribution in [1.29, 1.82) is 0 Å². The topological polar surface area (TPSA) is 89.2 Å². The maximum atomic E-state index is 13.6. The zero-order valence-corrected chi connectivity index (χ0v) is 22.0. The molecule has 6 rings (SSSR count). The van der Waals surface area contributed by atoms with Crippen LogP contribution in [-0.4, -0.2) is 74.7 Å². The van der Waals surface area contributed by atoms with Crippen LogP contribution in [0.2, 0.25) is 0 Å². The lowest BCUT2D eigenvalue weighted by atomic mass is 9.82. The molecule has 1 aliphatic carbocycles. The summed E-state index contributed by atoms with van der Waals surface area (Å²) >= 11 is 0. The molecule has 0 N–H and O–H groups in total. The lowest BCUT2D eigenvalue weighted by Gasteiger charge is -2.44. The summed E-state index contributed by atoms with van der Waals surface area (Å²) < 4.78 is 57.1. The van der Waals surface area contributed by atoms with Gasteiger partial charge in [0, 0.05) is 44.7 Å². The highest BCUT2D eigenvalue weighted by molar-refractivity contribution is 7.89. The molecule has 2 aliphatic rings. The number of hydrogen-bond acceptors (Lipinski definition) is 6. The molecule has 2 fully saturated rings. The van der Waals surface area contributed by atoms with Gasteiger partial charge in [0.05, 0.1) is 23.6 Å². The van der Waals surface area contributed by atoms with E-state index in [-0.39, 0.29) is 29.3 Å². The van der Waals surface area contributed by atoms with Gasteiger partial charge in [-0.15, -0.1) is 5.10 Å². The Morgan fingerprint density at radius 2 is 1.82 bits per heavy atom. The van der Waals surface area contributed by atoms with Crippen molar-refractivity contribution in [3.63, 3.8) is 0 Å². The van der Waals surface area contributed by atoms with E-state index in [0.29, 0.717) is 25.9 Å². The molecule has 2 aromatic heterocycles. The molecule has 38 heavy (non-hydrogen) atoms. The first-order valence-electron chi connectivity index (χ1n) is 12.7. The minimum Gasteiger partial charge on any atom is -0.293 e. The molecule has 0 amide bonds. The number of fused-ring (bicyclic) bond motifs is 1. The molecule has 3 heterocycles. The van der Waals surface area contributed by atoms with E-state index < -0.39 is 16.2 Å². The van der Waals surface area contributed by atoms with Crippen molar-refractivity contribution in [3.05, 3.63) is 65.7 Å². The smallest absolute Gasteiger partial charge is 0.264 e. The number of benzene rings is 2. The Morgan fingerprint density at radius 1 is 1.05 bits per heavy atom. The summed E-state index contributed by atoms with van der Waals surface area (Å²) in [5.74, 6) is -0.0477. The van der Waals surface area contributed by atoms with Crippen molar-refractivity contribution in [2.75, 3.05) is 26.2 Å². The van der Waals surface area contributed by atoms with E-state index in [0.717, 1.165) is 34.3 Å². The molecule has 2 aromatic carbocycles. The Bertz CT molecular complexity index is 1580. The van der Waals surface area contributed by atoms with Crippen LogP contribution in [0, 0.1) is 18.7 Å². The summed E-state index contributed by atoms with van der Waals surface area (Å²) in [4.78, 5) is 3.53. The number of piperazine rings is 1. The molecule has 1 aliphatic heterocycles. The van der Waals surface area contributed by atoms with Crippen LogP contribution in [0.15, 0.2) is 53.8 Å². The van der Waals surface area contributed by atoms with Crippen LogP contribution in [0.3, 0.4) is 0 Å². The van der Waals surface area contributed by atoms with Crippen molar-refractivity contribution in [3.8, 4) is 5.69 Å². The molecule has 0 bridgehead atoms. The summed E-state index contributed by atoms with van der Waals surface area (Å²) in [5, 5.41) is 13.3. The van der Waals surface area contributed by atoms with E-state index >= 15 is 0 Å². The molecule has 1 saturated heterocycles. The Hall–Kier alpha value is -3.22. The maximum absolute atomic E-state index is 13.6. The fourth-order valence-corrected chi connectivity index (χ4v) is 6.91. The minimum absolute atomic E-state index is 0.0702. The lowest BCUT2D eigenvalue weighted by Crippen LogP contribution is -2.52. The van der Waals surface area contributed by atoms with Gasteiger partial charge >= 0.3 is 0 Å².